The summed E-state index contributed by atoms with van der Waals surface area (Å²) in [5.74, 6) is 0. The normalized spacial score (nSPS) is 17.1. The maximum atomic E-state index is 6.42. The van der Waals surface area contributed by atoms with E-state index >= 15 is 0 Å². The summed E-state index contributed by atoms with van der Waals surface area (Å²) in [6, 6.07) is 14.3. The minimum Gasteiger partial charge on any atom is -0.377 e. The first-order valence-corrected chi connectivity index (χ1v) is 10.2. The van der Waals surface area contributed by atoms with Crippen LogP contribution in [0.3, 0.4) is 0 Å². The fourth-order valence-electron chi connectivity index (χ4n) is 3.91. The quantitative estimate of drug-likeness (QED) is 0.582. The van der Waals surface area contributed by atoms with Crippen LogP contribution in [0.2, 0.25) is 10.0 Å². The number of nitrogens with zero attached hydrogens (tertiary/aromatic N) is 1. The summed E-state index contributed by atoms with van der Waals surface area (Å²) >= 11 is 12.5. The molecule has 1 aliphatic rings. The molecule has 2 aromatic carbocycles. The van der Waals surface area contributed by atoms with Crippen molar-refractivity contribution < 1.29 is 4.74 Å². The van der Waals surface area contributed by atoms with Gasteiger partial charge in [-0.05, 0) is 49.1 Å². The summed E-state index contributed by atoms with van der Waals surface area (Å²) in [4.78, 5) is 0. The molecule has 142 valence electrons. The summed E-state index contributed by atoms with van der Waals surface area (Å²) in [6.45, 7) is 5.56. The number of hydrogen-bond acceptors (Lipinski definition) is 2. The highest BCUT2D eigenvalue weighted by Crippen LogP contribution is 2.29. The summed E-state index contributed by atoms with van der Waals surface area (Å²) in [5, 5.41) is 6.25. The third kappa shape index (κ3) is 4.02. The zero-order valence-electron chi connectivity index (χ0n) is 15.5. The van der Waals surface area contributed by atoms with Crippen molar-refractivity contribution in [3.8, 4) is 0 Å². The summed E-state index contributed by atoms with van der Waals surface area (Å²) in [5.41, 5.74) is 4.91. The number of benzene rings is 2. The van der Waals surface area contributed by atoms with E-state index in [-0.39, 0.29) is 0 Å². The molecule has 2 heterocycles. The Morgan fingerprint density at radius 3 is 2.81 bits per heavy atom. The van der Waals surface area contributed by atoms with Crippen LogP contribution in [0, 0.1) is 6.92 Å². The molecule has 3 nitrogen and oxygen atoms in total. The summed E-state index contributed by atoms with van der Waals surface area (Å²) < 4.78 is 8.06. The lowest BCUT2D eigenvalue weighted by atomic mass is 10.1. The monoisotopic (exact) mass is 402 g/mol. The lowest BCUT2D eigenvalue weighted by Crippen LogP contribution is -2.26. The molecule has 27 heavy (non-hydrogen) atoms. The minimum atomic E-state index is 0.353. The van der Waals surface area contributed by atoms with Gasteiger partial charge in [-0.1, -0.05) is 47.5 Å². The smallest absolute Gasteiger partial charge is 0.0700 e. The first-order valence-electron chi connectivity index (χ1n) is 9.46. The van der Waals surface area contributed by atoms with Gasteiger partial charge in [-0.15, -0.1) is 0 Å². The van der Waals surface area contributed by atoms with E-state index in [9.17, 15) is 0 Å². The number of fused-ring (bicyclic) bond motifs is 1. The topological polar surface area (TPSA) is 26.2 Å². The molecule has 4 rings (SSSR count). The Hall–Kier alpha value is -1.52. The van der Waals surface area contributed by atoms with Crippen LogP contribution in [0.15, 0.2) is 42.5 Å². The Bertz CT molecular complexity index is 945. The van der Waals surface area contributed by atoms with E-state index in [1.807, 2.05) is 18.2 Å². The number of aromatic nitrogens is 1. The maximum absolute atomic E-state index is 6.42. The fourth-order valence-corrected chi connectivity index (χ4v) is 4.38. The van der Waals surface area contributed by atoms with E-state index in [1.54, 1.807) is 0 Å². The van der Waals surface area contributed by atoms with Crippen LogP contribution in [0.25, 0.3) is 10.9 Å². The molecule has 5 heteroatoms. The molecule has 1 aromatic heterocycles. The SMILES string of the molecule is Cc1c(CNC[C@H]2CCCO2)c2ccccc2n1Cc1ccc(Cl)cc1Cl. The van der Waals surface area contributed by atoms with Crippen LogP contribution in [-0.2, 0) is 17.8 Å². The fraction of sp³-hybridized carbons (Fsp3) is 0.364. The molecule has 0 unspecified atom stereocenters. The Morgan fingerprint density at radius 1 is 1.19 bits per heavy atom. The van der Waals surface area contributed by atoms with Crippen LogP contribution in [0.5, 0.6) is 0 Å². The van der Waals surface area contributed by atoms with Crippen LogP contribution >= 0.6 is 23.2 Å². The van der Waals surface area contributed by atoms with Gasteiger partial charge in [-0.3, -0.25) is 0 Å². The average Bonchev–Trinajstić information content (AvgIpc) is 3.26. The van der Waals surface area contributed by atoms with Crippen LogP contribution in [0.4, 0.5) is 0 Å². The van der Waals surface area contributed by atoms with Crippen molar-refractivity contribution in [2.24, 2.45) is 0 Å². The molecular formula is C22H24Cl2N2O. The number of halogens is 2. The molecule has 0 radical (unpaired) electrons. The van der Waals surface area contributed by atoms with E-state index in [0.717, 1.165) is 38.2 Å². The van der Waals surface area contributed by atoms with Gasteiger partial charge in [0.2, 0.25) is 0 Å². The lowest BCUT2D eigenvalue weighted by Gasteiger charge is -2.12. The Labute approximate surface area is 170 Å². The van der Waals surface area contributed by atoms with Crippen molar-refractivity contribution in [1.82, 2.24) is 9.88 Å². The van der Waals surface area contributed by atoms with E-state index in [1.165, 1.54) is 28.6 Å². The van der Waals surface area contributed by atoms with Crippen molar-refractivity contribution in [2.45, 2.75) is 39.0 Å². The highest BCUT2D eigenvalue weighted by molar-refractivity contribution is 6.35. The third-order valence-electron chi connectivity index (χ3n) is 5.40. The van der Waals surface area contributed by atoms with Crippen LogP contribution < -0.4 is 5.32 Å². The number of rotatable bonds is 6. The molecule has 0 amide bonds. The Balaban J connectivity index is 1.61. The average molecular weight is 403 g/mol. The molecule has 1 saturated heterocycles. The third-order valence-corrected chi connectivity index (χ3v) is 5.99. The van der Waals surface area contributed by atoms with Crippen LogP contribution in [0.1, 0.15) is 29.7 Å². The molecule has 1 N–H and O–H groups in total. The largest absolute Gasteiger partial charge is 0.377 e. The molecule has 0 spiro atoms. The molecular weight excluding hydrogens is 379 g/mol. The van der Waals surface area contributed by atoms with Crippen molar-refractivity contribution in [3.05, 3.63) is 69.3 Å². The van der Waals surface area contributed by atoms with Gasteiger partial charge in [-0.2, -0.15) is 0 Å². The first kappa shape index (κ1) is 18.8. The summed E-state index contributed by atoms with van der Waals surface area (Å²) in [6.07, 6.45) is 2.68. The number of hydrogen-bond donors (Lipinski definition) is 1. The Morgan fingerprint density at radius 2 is 2.04 bits per heavy atom. The zero-order chi connectivity index (χ0) is 18.8. The number of nitrogens with one attached hydrogen (secondary N) is 1. The molecule has 1 atom stereocenters. The predicted octanol–water partition coefficient (Wildman–Crippen LogP) is 5.57. The molecule has 0 bridgehead atoms. The maximum Gasteiger partial charge on any atom is 0.0700 e. The van der Waals surface area contributed by atoms with Gasteiger partial charge >= 0.3 is 0 Å². The van der Waals surface area contributed by atoms with Gasteiger partial charge in [0.05, 0.1) is 6.10 Å². The van der Waals surface area contributed by atoms with Crippen LogP contribution in [-0.4, -0.2) is 23.8 Å². The zero-order valence-corrected chi connectivity index (χ0v) is 17.0. The predicted molar refractivity (Wildman–Crippen MR) is 113 cm³/mol. The van der Waals surface area contributed by atoms with Crippen molar-refractivity contribution in [3.63, 3.8) is 0 Å². The molecule has 0 aliphatic carbocycles. The van der Waals surface area contributed by atoms with Gasteiger partial charge in [0, 0.05) is 52.9 Å². The molecule has 0 saturated carbocycles. The highest BCUT2D eigenvalue weighted by atomic mass is 35.5. The number of para-hydroxylation sites is 1. The second-order valence-electron chi connectivity index (χ2n) is 7.17. The van der Waals surface area contributed by atoms with E-state index < -0.39 is 0 Å². The summed E-state index contributed by atoms with van der Waals surface area (Å²) in [7, 11) is 0. The van der Waals surface area contributed by atoms with Gasteiger partial charge in [0.15, 0.2) is 0 Å². The van der Waals surface area contributed by atoms with Gasteiger partial charge in [0.1, 0.15) is 0 Å². The second-order valence-corrected chi connectivity index (χ2v) is 8.01. The number of ether oxygens (including phenoxy) is 1. The second kappa shape index (κ2) is 8.24. The highest BCUT2D eigenvalue weighted by Gasteiger charge is 2.17. The molecule has 1 aliphatic heterocycles. The standard InChI is InChI=1S/C22H24Cl2N2O/c1-15-20(13-25-12-18-5-4-10-27-18)19-6-2-3-7-22(19)26(15)14-16-8-9-17(23)11-21(16)24/h2-3,6-9,11,18,25H,4-5,10,12-14H2,1H3/t18-/m1/s1. The first-order chi connectivity index (χ1) is 13.1. The van der Waals surface area contributed by atoms with E-state index in [2.05, 4.69) is 41.1 Å². The van der Waals surface area contributed by atoms with Crippen molar-refractivity contribution in [2.75, 3.05) is 13.2 Å². The Kier molecular flexibility index (Phi) is 5.74. The van der Waals surface area contributed by atoms with Gasteiger partial charge in [-0.25, -0.2) is 0 Å². The van der Waals surface area contributed by atoms with E-state index in [0.29, 0.717) is 16.1 Å². The molecule has 1 fully saturated rings. The van der Waals surface area contributed by atoms with Crippen molar-refractivity contribution in [1.29, 1.82) is 0 Å². The van der Waals surface area contributed by atoms with Gasteiger partial charge < -0.3 is 14.6 Å². The molecule has 3 aromatic rings. The lowest BCUT2D eigenvalue weighted by molar-refractivity contribution is 0.110. The van der Waals surface area contributed by atoms with E-state index in [4.69, 9.17) is 27.9 Å². The van der Waals surface area contributed by atoms with Gasteiger partial charge in [0.25, 0.3) is 0 Å². The minimum absolute atomic E-state index is 0.353. The van der Waals surface area contributed by atoms with Crippen molar-refractivity contribution >= 4 is 34.1 Å².